The maximum Gasteiger partial charge on any atom is 0.0558 e. The Morgan fingerprint density at radius 1 is 1.36 bits per heavy atom. The molecule has 0 saturated heterocycles. The number of rotatable bonds is 6. The Labute approximate surface area is 77.7 Å². The van der Waals surface area contributed by atoms with E-state index in [1.165, 1.54) is 0 Å². The van der Waals surface area contributed by atoms with Crippen LogP contribution in [0, 0.1) is 0 Å². The Morgan fingerprint density at radius 3 is 2.36 bits per heavy atom. The Bertz CT molecular complexity index is 88.2. The maximum atomic E-state index is 8.73. The van der Waals surface area contributed by atoms with E-state index in [2.05, 4.69) is 34.7 Å². The van der Waals surface area contributed by atoms with Crippen LogP contribution in [-0.2, 0) is 0 Å². The molecule has 1 N–H and O–H groups in total. The molecular formula is C8H18BrNO. The van der Waals surface area contributed by atoms with E-state index < -0.39 is 0 Å². The van der Waals surface area contributed by atoms with Crippen molar-refractivity contribution >= 4 is 15.9 Å². The smallest absolute Gasteiger partial charge is 0.0558 e. The number of hydrogen-bond donors (Lipinski definition) is 1. The zero-order chi connectivity index (χ0) is 8.69. The van der Waals surface area contributed by atoms with E-state index in [4.69, 9.17) is 5.11 Å². The van der Waals surface area contributed by atoms with Crippen LogP contribution in [0.3, 0.4) is 0 Å². The van der Waals surface area contributed by atoms with Crippen LogP contribution in [0.2, 0.25) is 0 Å². The van der Waals surface area contributed by atoms with Crippen molar-refractivity contribution in [1.82, 2.24) is 4.90 Å². The summed E-state index contributed by atoms with van der Waals surface area (Å²) in [7, 11) is 0. The molecule has 0 aromatic rings. The van der Waals surface area contributed by atoms with Crippen LogP contribution >= 0.6 is 15.9 Å². The quantitative estimate of drug-likeness (QED) is 0.690. The van der Waals surface area contributed by atoms with E-state index in [-0.39, 0.29) is 6.61 Å². The highest BCUT2D eigenvalue weighted by atomic mass is 79.9. The Morgan fingerprint density at radius 2 is 2.00 bits per heavy atom. The topological polar surface area (TPSA) is 23.5 Å². The second-order valence-electron chi connectivity index (χ2n) is 2.90. The third kappa shape index (κ3) is 5.65. The number of hydrogen-bond acceptors (Lipinski definition) is 2. The molecule has 0 aromatic heterocycles. The van der Waals surface area contributed by atoms with Crippen molar-refractivity contribution in [1.29, 1.82) is 0 Å². The Kier molecular flexibility index (Phi) is 7.33. The summed E-state index contributed by atoms with van der Waals surface area (Å²) < 4.78 is 0. The van der Waals surface area contributed by atoms with E-state index in [0.717, 1.165) is 24.8 Å². The van der Waals surface area contributed by atoms with Gasteiger partial charge >= 0.3 is 0 Å². The van der Waals surface area contributed by atoms with Crippen molar-refractivity contribution in [3.05, 3.63) is 0 Å². The minimum atomic E-state index is 0.264. The minimum absolute atomic E-state index is 0.264. The predicted molar refractivity (Wildman–Crippen MR) is 52.2 cm³/mol. The van der Waals surface area contributed by atoms with Gasteiger partial charge in [-0.1, -0.05) is 15.9 Å². The highest BCUT2D eigenvalue weighted by Gasteiger charge is 2.06. The fraction of sp³-hybridized carbons (Fsp3) is 1.00. The van der Waals surface area contributed by atoms with Gasteiger partial charge in [0.1, 0.15) is 0 Å². The Hall–Kier alpha value is 0.400. The van der Waals surface area contributed by atoms with E-state index in [9.17, 15) is 0 Å². The SMILES string of the molecule is CC(C)N(CCO)CCCBr. The first-order chi connectivity index (χ1) is 5.22. The first-order valence-corrected chi connectivity index (χ1v) is 5.25. The lowest BCUT2D eigenvalue weighted by Gasteiger charge is -2.24. The van der Waals surface area contributed by atoms with E-state index in [1.54, 1.807) is 0 Å². The zero-order valence-corrected chi connectivity index (χ0v) is 8.97. The molecule has 0 aliphatic carbocycles. The van der Waals surface area contributed by atoms with E-state index in [0.29, 0.717) is 6.04 Å². The van der Waals surface area contributed by atoms with Gasteiger partial charge in [0.15, 0.2) is 0 Å². The molecule has 0 saturated carbocycles. The summed E-state index contributed by atoms with van der Waals surface area (Å²) in [6, 6.07) is 0.543. The lowest BCUT2D eigenvalue weighted by Crippen LogP contribution is -2.34. The third-order valence-electron chi connectivity index (χ3n) is 1.70. The second-order valence-corrected chi connectivity index (χ2v) is 3.69. The molecule has 2 nitrogen and oxygen atoms in total. The molecule has 3 heteroatoms. The standard InChI is InChI=1S/C8H18BrNO/c1-8(2)10(6-7-11)5-3-4-9/h8,11H,3-7H2,1-2H3. The lowest BCUT2D eigenvalue weighted by molar-refractivity contribution is 0.166. The van der Waals surface area contributed by atoms with Gasteiger partial charge < -0.3 is 5.11 Å². The molecule has 0 spiro atoms. The number of aliphatic hydroxyl groups is 1. The summed E-state index contributed by atoms with van der Waals surface area (Å²) in [5.41, 5.74) is 0. The lowest BCUT2D eigenvalue weighted by atomic mass is 10.3. The number of aliphatic hydroxyl groups excluding tert-OH is 1. The molecule has 0 radical (unpaired) electrons. The third-order valence-corrected chi connectivity index (χ3v) is 2.26. The normalized spacial score (nSPS) is 11.5. The van der Waals surface area contributed by atoms with Crippen molar-refractivity contribution in [2.45, 2.75) is 26.3 Å². The van der Waals surface area contributed by atoms with Gasteiger partial charge in [-0.3, -0.25) is 4.90 Å². The van der Waals surface area contributed by atoms with Crippen LogP contribution in [0.15, 0.2) is 0 Å². The predicted octanol–water partition coefficient (Wildman–Crippen LogP) is 1.47. The summed E-state index contributed by atoms with van der Waals surface area (Å²) >= 11 is 3.39. The van der Waals surface area contributed by atoms with Crippen molar-refractivity contribution in [2.24, 2.45) is 0 Å². The molecule has 0 bridgehead atoms. The molecular weight excluding hydrogens is 206 g/mol. The molecule has 0 heterocycles. The molecule has 0 atom stereocenters. The van der Waals surface area contributed by atoms with Crippen molar-refractivity contribution < 1.29 is 5.11 Å². The van der Waals surface area contributed by atoms with Crippen molar-refractivity contribution in [3.8, 4) is 0 Å². The highest BCUT2D eigenvalue weighted by molar-refractivity contribution is 9.09. The number of alkyl halides is 1. The molecule has 11 heavy (non-hydrogen) atoms. The van der Waals surface area contributed by atoms with Gasteiger partial charge in [0.2, 0.25) is 0 Å². The van der Waals surface area contributed by atoms with E-state index >= 15 is 0 Å². The largest absolute Gasteiger partial charge is 0.395 e. The fourth-order valence-corrected chi connectivity index (χ4v) is 1.27. The van der Waals surface area contributed by atoms with Crippen LogP contribution in [-0.4, -0.2) is 41.1 Å². The summed E-state index contributed by atoms with van der Waals surface area (Å²) in [4.78, 5) is 2.28. The first-order valence-electron chi connectivity index (χ1n) is 4.13. The monoisotopic (exact) mass is 223 g/mol. The van der Waals surface area contributed by atoms with Gasteiger partial charge in [-0.2, -0.15) is 0 Å². The molecule has 0 fully saturated rings. The van der Waals surface area contributed by atoms with Gasteiger partial charge in [-0.25, -0.2) is 0 Å². The van der Waals surface area contributed by atoms with Crippen molar-refractivity contribution in [3.63, 3.8) is 0 Å². The molecule has 0 amide bonds. The first kappa shape index (κ1) is 11.4. The molecule has 0 aliphatic rings. The van der Waals surface area contributed by atoms with Gasteiger partial charge in [0.25, 0.3) is 0 Å². The summed E-state index contributed by atoms with van der Waals surface area (Å²) in [6.07, 6.45) is 1.15. The van der Waals surface area contributed by atoms with Crippen LogP contribution in [0.25, 0.3) is 0 Å². The highest BCUT2D eigenvalue weighted by Crippen LogP contribution is 1.99. The molecule has 0 aromatic carbocycles. The fourth-order valence-electron chi connectivity index (χ4n) is 1.02. The van der Waals surface area contributed by atoms with Gasteiger partial charge in [0, 0.05) is 17.9 Å². The Balaban J connectivity index is 3.51. The average molecular weight is 224 g/mol. The van der Waals surface area contributed by atoms with Crippen LogP contribution in [0.5, 0.6) is 0 Å². The van der Waals surface area contributed by atoms with Crippen LogP contribution in [0.1, 0.15) is 20.3 Å². The molecule has 0 aliphatic heterocycles. The molecule has 68 valence electrons. The number of halogens is 1. The molecule has 0 unspecified atom stereocenters. The molecule has 0 rings (SSSR count). The minimum Gasteiger partial charge on any atom is -0.395 e. The second kappa shape index (κ2) is 7.07. The maximum absolute atomic E-state index is 8.73. The van der Waals surface area contributed by atoms with Gasteiger partial charge in [-0.15, -0.1) is 0 Å². The summed E-state index contributed by atoms with van der Waals surface area (Å²) in [5, 5.41) is 9.77. The van der Waals surface area contributed by atoms with E-state index in [1.807, 2.05) is 0 Å². The van der Waals surface area contributed by atoms with Gasteiger partial charge in [0.05, 0.1) is 6.61 Å². The number of nitrogens with zero attached hydrogens (tertiary/aromatic N) is 1. The summed E-state index contributed by atoms with van der Waals surface area (Å²) in [6.45, 7) is 6.45. The van der Waals surface area contributed by atoms with Gasteiger partial charge in [-0.05, 0) is 26.8 Å². The average Bonchev–Trinajstić information content (AvgIpc) is 1.97. The summed E-state index contributed by atoms with van der Waals surface area (Å²) in [5.74, 6) is 0. The van der Waals surface area contributed by atoms with Crippen LogP contribution < -0.4 is 0 Å². The van der Waals surface area contributed by atoms with Crippen molar-refractivity contribution in [2.75, 3.05) is 25.0 Å². The van der Waals surface area contributed by atoms with Crippen LogP contribution in [0.4, 0.5) is 0 Å². The zero-order valence-electron chi connectivity index (χ0n) is 7.39.